The lowest BCUT2D eigenvalue weighted by atomic mass is 10.1. The summed E-state index contributed by atoms with van der Waals surface area (Å²) in [6.07, 6.45) is 0. The van der Waals surface area contributed by atoms with E-state index in [0.717, 1.165) is 28.1 Å². The Hall–Kier alpha value is -2.94. The Morgan fingerprint density at radius 1 is 0.875 bits per heavy atom. The highest BCUT2D eigenvalue weighted by molar-refractivity contribution is 5.67. The second-order valence-corrected chi connectivity index (χ2v) is 5.52. The highest BCUT2D eigenvalue weighted by atomic mass is 16.5. The molecule has 0 bridgehead atoms. The van der Waals surface area contributed by atoms with Crippen molar-refractivity contribution in [3.05, 3.63) is 78.4 Å². The van der Waals surface area contributed by atoms with Gasteiger partial charge in [-0.25, -0.2) is 0 Å². The summed E-state index contributed by atoms with van der Waals surface area (Å²) in [6, 6.07) is 23.7. The van der Waals surface area contributed by atoms with Gasteiger partial charge in [-0.3, -0.25) is 0 Å². The molecule has 3 nitrogen and oxygen atoms in total. The molecule has 0 fully saturated rings. The van der Waals surface area contributed by atoms with Crippen molar-refractivity contribution in [2.45, 2.75) is 13.5 Å². The van der Waals surface area contributed by atoms with E-state index in [1.165, 1.54) is 0 Å². The first-order chi connectivity index (χ1) is 11.8. The highest BCUT2D eigenvalue weighted by Crippen LogP contribution is 2.25. The molecule has 0 heterocycles. The van der Waals surface area contributed by atoms with Gasteiger partial charge in [-0.1, -0.05) is 42.5 Å². The van der Waals surface area contributed by atoms with E-state index in [4.69, 9.17) is 4.74 Å². The number of hydrogen-bond donors (Lipinski definition) is 2. The van der Waals surface area contributed by atoms with E-state index >= 15 is 0 Å². The minimum absolute atomic E-state index is 0.314. The largest absolute Gasteiger partial charge is 0.508 e. The van der Waals surface area contributed by atoms with Crippen molar-refractivity contribution in [1.29, 1.82) is 0 Å². The number of aromatic hydroxyl groups is 1. The molecule has 0 radical (unpaired) electrons. The van der Waals surface area contributed by atoms with E-state index in [2.05, 4.69) is 23.5 Å². The average molecular weight is 319 g/mol. The predicted octanol–water partition coefficient (Wildman–Crippen LogP) is 5.07. The van der Waals surface area contributed by atoms with Crippen molar-refractivity contribution in [3.63, 3.8) is 0 Å². The van der Waals surface area contributed by atoms with Crippen LogP contribution in [0.5, 0.6) is 11.5 Å². The Labute approximate surface area is 142 Å². The molecule has 0 saturated carbocycles. The molecule has 3 heteroatoms. The number of nitrogens with one attached hydrogen (secondary N) is 1. The number of rotatable bonds is 6. The molecule has 0 unspecified atom stereocenters. The van der Waals surface area contributed by atoms with Crippen molar-refractivity contribution < 1.29 is 9.84 Å². The van der Waals surface area contributed by atoms with Crippen LogP contribution in [0.2, 0.25) is 0 Å². The van der Waals surface area contributed by atoms with Gasteiger partial charge in [-0.2, -0.15) is 0 Å². The first-order valence-corrected chi connectivity index (χ1v) is 8.10. The van der Waals surface area contributed by atoms with Gasteiger partial charge >= 0.3 is 0 Å². The summed E-state index contributed by atoms with van der Waals surface area (Å²) in [4.78, 5) is 0. The van der Waals surface area contributed by atoms with Crippen molar-refractivity contribution in [1.82, 2.24) is 0 Å². The third-order valence-electron chi connectivity index (χ3n) is 3.84. The molecule has 2 N–H and O–H groups in total. The van der Waals surface area contributed by atoms with Crippen LogP contribution < -0.4 is 10.1 Å². The molecule has 0 atom stereocenters. The first kappa shape index (κ1) is 15.9. The van der Waals surface area contributed by atoms with E-state index in [0.29, 0.717) is 18.9 Å². The molecule has 24 heavy (non-hydrogen) atoms. The van der Waals surface area contributed by atoms with E-state index in [9.17, 15) is 5.11 Å². The van der Waals surface area contributed by atoms with Gasteiger partial charge in [0.25, 0.3) is 0 Å². The highest BCUT2D eigenvalue weighted by Gasteiger charge is 2.02. The Morgan fingerprint density at radius 3 is 2.42 bits per heavy atom. The van der Waals surface area contributed by atoms with Gasteiger partial charge in [-0.05, 0) is 48.4 Å². The van der Waals surface area contributed by atoms with Gasteiger partial charge in [0.15, 0.2) is 0 Å². The summed E-state index contributed by atoms with van der Waals surface area (Å²) in [7, 11) is 0. The monoisotopic (exact) mass is 319 g/mol. The van der Waals surface area contributed by atoms with Crippen LogP contribution in [0.15, 0.2) is 72.8 Å². The number of anilines is 1. The maximum Gasteiger partial charge on any atom is 0.120 e. The van der Waals surface area contributed by atoms with Crippen molar-refractivity contribution >= 4 is 5.69 Å². The lowest BCUT2D eigenvalue weighted by Crippen LogP contribution is -1.99. The lowest BCUT2D eigenvalue weighted by molar-refractivity contribution is 0.340. The van der Waals surface area contributed by atoms with Crippen molar-refractivity contribution in [3.8, 4) is 22.6 Å². The molecule has 0 amide bonds. The van der Waals surface area contributed by atoms with Crippen LogP contribution in [0.3, 0.4) is 0 Å². The van der Waals surface area contributed by atoms with E-state index in [-0.39, 0.29) is 0 Å². The molecule has 0 aliphatic rings. The smallest absolute Gasteiger partial charge is 0.120 e. The van der Waals surface area contributed by atoms with Gasteiger partial charge in [0.2, 0.25) is 0 Å². The third kappa shape index (κ3) is 3.87. The predicted molar refractivity (Wildman–Crippen MR) is 98.5 cm³/mol. The van der Waals surface area contributed by atoms with Gasteiger partial charge < -0.3 is 15.2 Å². The van der Waals surface area contributed by atoms with Crippen LogP contribution in [0.1, 0.15) is 12.5 Å². The SMILES string of the molecule is CCOc1cccc(-c2ccc(NCc3ccccc3O)cc2)c1. The molecule has 0 aromatic heterocycles. The Balaban J connectivity index is 1.69. The molecule has 0 aliphatic carbocycles. The summed E-state index contributed by atoms with van der Waals surface area (Å²) >= 11 is 0. The fourth-order valence-electron chi connectivity index (χ4n) is 2.57. The number of benzene rings is 3. The van der Waals surface area contributed by atoms with Crippen molar-refractivity contribution in [2.75, 3.05) is 11.9 Å². The number of ether oxygens (including phenoxy) is 1. The van der Waals surface area contributed by atoms with Gasteiger partial charge in [0, 0.05) is 17.8 Å². The molecule has 3 rings (SSSR count). The molecule has 0 spiro atoms. The maximum atomic E-state index is 9.80. The zero-order valence-corrected chi connectivity index (χ0v) is 13.7. The zero-order chi connectivity index (χ0) is 16.8. The molecule has 0 saturated heterocycles. The average Bonchev–Trinajstić information content (AvgIpc) is 2.62. The van der Waals surface area contributed by atoms with Crippen LogP contribution in [0.25, 0.3) is 11.1 Å². The normalized spacial score (nSPS) is 10.4. The van der Waals surface area contributed by atoms with Crippen LogP contribution >= 0.6 is 0 Å². The van der Waals surface area contributed by atoms with Gasteiger partial charge in [0.05, 0.1) is 6.61 Å². The molecule has 3 aromatic carbocycles. The number of para-hydroxylation sites is 1. The van der Waals surface area contributed by atoms with E-state index in [1.54, 1.807) is 6.07 Å². The van der Waals surface area contributed by atoms with Crippen LogP contribution in [-0.2, 0) is 6.54 Å². The fourth-order valence-corrected chi connectivity index (χ4v) is 2.57. The molecule has 0 aliphatic heterocycles. The summed E-state index contributed by atoms with van der Waals surface area (Å²) in [6.45, 7) is 3.24. The summed E-state index contributed by atoms with van der Waals surface area (Å²) in [5.41, 5.74) is 4.17. The second-order valence-electron chi connectivity index (χ2n) is 5.52. The molecular weight excluding hydrogens is 298 g/mol. The minimum Gasteiger partial charge on any atom is -0.508 e. The van der Waals surface area contributed by atoms with Crippen molar-refractivity contribution in [2.24, 2.45) is 0 Å². The molecule has 3 aromatic rings. The Morgan fingerprint density at radius 2 is 1.67 bits per heavy atom. The zero-order valence-electron chi connectivity index (χ0n) is 13.7. The first-order valence-electron chi connectivity index (χ1n) is 8.10. The Kier molecular flexibility index (Phi) is 5.02. The van der Waals surface area contributed by atoms with Crippen LogP contribution in [-0.4, -0.2) is 11.7 Å². The Bertz CT molecular complexity index is 797. The standard InChI is InChI=1S/C21H21NO2/c1-2-24-20-8-5-7-17(14-20)16-10-12-19(13-11-16)22-15-18-6-3-4-9-21(18)23/h3-14,22-23H,2,15H2,1H3. The summed E-state index contributed by atoms with van der Waals surface area (Å²) < 4.78 is 5.55. The molecule has 122 valence electrons. The van der Waals surface area contributed by atoms with Gasteiger partial charge in [0.1, 0.15) is 11.5 Å². The number of phenolic OH excluding ortho intramolecular Hbond substituents is 1. The quantitative estimate of drug-likeness (QED) is 0.666. The minimum atomic E-state index is 0.314. The maximum absolute atomic E-state index is 9.80. The fraction of sp³-hybridized carbons (Fsp3) is 0.143. The van der Waals surface area contributed by atoms with Gasteiger partial charge in [-0.15, -0.1) is 0 Å². The van der Waals surface area contributed by atoms with E-state index < -0.39 is 0 Å². The number of hydrogen-bond acceptors (Lipinski definition) is 3. The van der Waals surface area contributed by atoms with Crippen LogP contribution in [0.4, 0.5) is 5.69 Å². The lowest BCUT2D eigenvalue weighted by Gasteiger charge is -2.10. The summed E-state index contributed by atoms with van der Waals surface area (Å²) in [5, 5.41) is 13.1. The molecular formula is C21H21NO2. The topological polar surface area (TPSA) is 41.5 Å². The van der Waals surface area contributed by atoms with Crippen LogP contribution in [0, 0.1) is 0 Å². The second kappa shape index (κ2) is 7.55. The summed E-state index contributed by atoms with van der Waals surface area (Å²) in [5.74, 6) is 1.20. The number of phenols is 1. The third-order valence-corrected chi connectivity index (χ3v) is 3.84. The van der Waals surface area contributed by atoms with E-state index in [1.807, 2.05) is 55.5 Å².